The summed E-state index contributed by atoms with van der Waals surface area (Å²) >= 11 is 0. The van der Waals surface area contributed by atoms with Crippen molar-refractivity contribution in [1.82, 2.24) is 0 Å². The van der Waals surface area contributed by atoms with Crippen molar-refractivity contribution in [2.75, 3.05) is 13.7 Å². The molecule has 0 aliphatic rings. The lowest BCUT2D eigenvalue weighted by molar-refractivity contribution is -0.138. The van der Waals surface area contributed by atoms with E-state index in [1.165, 1.54) is 13.2 Å². The highest BCUT2D eigenvalue weighted by atomic mass is 19.1. The maximum Gasteiger partial charge on any atom is 0.337 e. The number of nitrogens with zero attached hydrogens (tertiary/aromatic N) is 1. The molecule has 0 aliphatic carbocycles. The second-order valence-corrected chi connectivity index (χ2v) is 4.63. The van der Waals surface area contributed by atoms with Crippen LogP contribution in [0.25, 0.3) is 11.6 Å². The topological polar surface area (TPSA) is 59.3 Å². The second-order valence-electron chi connectivity index (χ2n) is 4.63. The molecule has 4 nitrogen and oxygen atoms in total. The van der Waals surface area contributed by atoms with Crippen LogP contribution in [0.2, 0.25) is 0 Å². The van der Waals surface area contributed by atoms with Crippen molar-refractivity contribution < 1.29 is 18.7 Å². The smallest absolute Gasteiger partial charge is 0.337 e. The van der Waals surface area contributed by atoms with Gasteiger partial charge in [0.15, 0.2) is 0 Å². The Hall–Kier alpha value is -2.97. The summed E-state index contributed by atoms with van der Waals surface area (Å²) in [5, 5.41) is 9.23. The van der Waals surface area contributed by atoms with Gasteiger partial charge in [0.2, 0.25) is 0 Å². The number of hydrogen-bond donors (Lipinski definition) is 0. The van der Waals surface area contributed by atoms with E-state index in [0.717, 1.165) is 0 Å². The first-order chi connectivity index (χ1) is 11.1. The van der Waals surface area contributed by atoms with E-state index in [4.69, 9.17) is 4.74 Å². The lowest BCUT2D eigenvalue weighted by Gasteiger charge is -2.04. The fourth-order valence-electron chi connectivity index (χ4n) is 1.93. The molecule has 0 fully saturated rings. The summed E-state index contributed by atoms with van der Waals surface area (Å²) < 4.78 is 23.5. The van der Waals surface area contributed by atoms with E-state index in [9.17, 15) is 14.4 Å². The number of benzene rings is 2. The molecule has 0 bridgehead atoms. The molecular weight excluding hydrogens is 297 g/mol. The van der Waals surface area contributed by atoms with Gasteiger partial charge in [-0.3, -0.25) is 0 Å². The lowest BCUT2D eigenvalue weighted by atomic mass is 10.0. The van der Waals surface area contributed by atoms with Crippen molar-refractivity contribution in [3.63, 3.8) is 0 Å². The van der Waals surface area contributed by atoms with Gasteiger partial charge in [-0.1, -0.05) is 30.3 Å². The zero-order chi connectivity index (χ0) is 16.7. The van der Waals surface area contributed by atoms with Crippen LogP contribution in [-0.4, -0.2) is 19.7 Å². The maximum atomic E-state index is 13.7. The highest BCUT2D eigenvalue weighted by Crippen LogP contribution is 2.21. The molecule has 2 rings (SSSR count). The largest absolute Gasteiger partial charge is 0.425 e. The van der Waals surface area contributed by atoms with E-state index >= 15 is 0 Å². The van der Waals surface area contributed by atoms with Gasteiger partial charge in [0, 0.05) is 12.7 Å². The summed E-state index contributed by atoms with van der Waals surface area (Å²) in [4.78, 5) is 11.3. The lowest BCUT2D eigenvalue weighted by Crippen LogP contribution is -2.13. The molecule has 0 radical (unpaired) electrons. The van der Waals surface area contributed by atoms with E-state index in [1.807, 2.05) is 6.07 Å². The van der Waals surface area contributed by atoms with Crippen LogP contribution >= 0.6 is 0 Å². The predicted octanol–water partition coefficient (Wildman–Crippen LogP) is 3.44. The first-order valence-electron chi connectivity index (χ1n) is 6.80. The van der Waals surface area contributed by atoms with Gasteiger partial charge in [-0.25, -0.2) is 9.18 Å². The molecule has 0 atom stereocenters. The molecule has 5 heteroatoms. The Bertz CT molecular complexity index is 761. The maximum absolute atomic E-state index is 13.7. The Morgan fingerprint density at radius 3 is 2.52 bits per heavy atom. The molecule has 116 valence electrons. The minimum absolute atomic E-state index is 0.131. The third-order valence-corrected chi connectivity index (χ3v) is 2.97. The molecule has 0 heterocycles. The number of methoxy groups -OCH3 is 1. The second kappa shape index (κ2) is 7.87. The number of ether oxygens (including phenoxy) is 2. The van der Waals surface area contributed by atoms with E-state index in [2.05, 4.69) is 4.74 Å². The van der Waals surface area contributed by atoms with Crippen molar-refractivity contribution >= 4 is 17.6 Å². The number of esters is 1. The monoisotopic (exact) mass is 311 g/mol. The van der Waals surface area contributed by atoms with Gasteiger partial charge in [-0.2, -0.15) is 5.26 Å². The predicted molar refractivity (Wildman–Crippen MR) is 83.8 cm³/mol. The van der Waals surface area contributed by atoms with Crippen LogP contribution < -0.4 is 4.74 Å². The van der Waals surface area contributed by atoms with Crippen molar-refractivity contribution in [2.24, 2.45) is 0 Å². The van der Waals surface area contributed by atoms with E-state index < -0.39 is 11.8 Å². The summed E-state index contributed by atoms with van der Waals surface area (Å²) in [7, 11) is 1.40. The molecule has 0 saturated heterocycles. The third kappa shape index (κ3) is 4.50. The number of hydrogen-bond acceptors (Lipinski definition) is 4. The fraction of sp³-hybridized carbons (Fsp3) is 0.111. The average molecular weight is 311 g/mol. The highest BCUT2D eigenvalue weighted by molar-refractivity contribution is 5.89. The number of rotatable bonds is 5. The van der Waals surface area contributed by atoms with Gasteiger partial charge in [0.25, 0.3) is 0 Å². The van der Waals surface area contributed by atoms with Crippen LogP contribution in [0.15, 0.2) is 48.5 Å². The highest BCUT2D eigenvalue weighted by Gasteiger charge is 2.07. The zero-order valence-electron chi connectivity index (χ0n) is 12.5. The molecule has 0 aliphatic heterocycles. The van der Waals surface area contributed by atoms with E-state index in [-0.39, 0.29) is 17.7 Å². The molecule has 0 N–H and O–H groups in total. The van der Waals surface area contributed by atoms with Gasteiger partial charge in [-0.15, -0.1) is 0 Å². The number of allylic oxidation sites excluding steroid dienone is 1. The summed E-state index contributed by atoms with van der Waals surface area (Å²) in [6.07, 6.45) is 1.57. The molecule has 0 amide bonds. The quantitative estimate of drug-likeness (QED) is 0.367. The number of carbonyl (C=O) groups is 1. The van der Waals surface area contributed by atoms with Crippen LogP contribution in [-0.2, 0) is 9.53 Å². The standard InChI is InChI=1S/C18H14FNO3/c1-22-12-18(21)23-15-8-6-13(7-9-15)10-14(11-20)16-4-2-3-5-17(16)19/h2-10H,12H2,1H3/b14-10-. The molecule has 0 spiro atoms. The molecule has 0 aromatic heterocycles. The van der Waals surface area contributed by atoms with Crippen molar-refractivity contribution in [1.29, 1.82) is 5.26 Å². The third-order valence-electron chi connectivity index (χ3n) is 2.97. The first-order valence-corrected chi connectivity index (χ1v) is 6.80. The molecule has 0 saturated carbocycles. The Labute approximate surface area is 133 Å². The Morgan fingerprint density at radius 1 is 1.22 bits per heavy atom. The van der Waals surface area contributed by atoms with E-state index in [1.54, 1.807) is 48.5 Å². The first kappa shape index (κ1) is 16.4. The Kier molecular flexibility index (Phi) is 5.61. The van der Waals surface area contributed by atoms with Crippen LogP contribution in [0.4, 0.5) is 4.39 Å². The van der Waals surface area contributed by atoms with Crippen LogP contribution in [0.1, 0.15) is 11.1 Å². The van der Waals surface area contributed by atoms with Gasteiger partial charge in [0.05, 0.1) is 11.6 Å². The Morgan fingerprint density at radius 2 is 1.91 bits per heavy atom. The molecule has 2 aromatic carbocycles. The van der Waals surface area contributed by atoms with Crippen molar-refractivity contribution in [3.05, 3.63) is 65.5 Å². The summed E-state index contributed by atoms with van der Waals surface area (Å²) in [5.74, 6) is -0.584. The minimum atomic E-state index is -0.500. The molecule has 2 aromatic rings. The van der Waals surface area contributed by atoms with Crippen LogP contribution in [0.3, 0.4) is 0 Å². The van der Waals surface area contributed by atoms with Gasteiger partial charge in [0.1, 0.15) is 18.2 Å². The molecule has 0 unspecified atom stereocenters. The fourth-order valence-corrected chi connectivity index (χ4v) is 1.93. The average Bonchev–Trinajstić information content (AvgIpc) is 2.55. The van der Waals surface area contributed by atoms with Gasteiger partial charge < -0.3 is 9.47 Å². The molecular formula is C18H14FNO3. The van der Waals surface area contributed by atoms with Crippen molar-refractivity contribution in [3.8, 4) is 11.8 Å². The molecule has 23 heavy (non-hydrogen) atoms. The number of halogens is 1. The normalized spacial score (nSPS) is 10.9. The number of nitriles is 1. The van der Waals surface area contributed by atoms with Gasteiger partial charge >= 0.3 is 5.97 Å². The summed E-state index contributed by atoms with van der Waals surface area (Å²) in [5.41, 5.74) is 1.15. The van der Waals surface area contributed by atoms with E-state index in [0.29, 0.717) is 11.3 Å². The SMILES string of the molecule is COCC(=O)Oc1ccc(/C=C(/C#N)c2ccccc2F)cc1. The minimum Gasteiger partial charge on any atom is -0.425 e. The summed E-state index contributed by atoms with van der Waals surface area (Å²) in [6, 6.07) is 14.6. The zero-order valence-corrected chi connectivity index (χ0v) is 12.5. The summed E-state index contributed by atoms with van der Waals surface area (Å²) in [6.45, 7) is -0.131. The Balaban J connectivity index is 2.20. The van der Waals surface area contributed by atoms with Crippen molar-refractivity contribution in [2.45, 2.75) is 0 Å². The van der Waals surface area contributed by atoms with Gasteiger partial charge in [-0.05, 0) is 29.8 Å². The van der Waals surface area contributed by atoms with Crippen LogP contribution in [0.5, 0.6) is 5.75 Å². The van der Waals surface area contributed by atoms with Crippen LogP contribution in [0, 0.1) is 17.1 Å². The number of carbonyl (C=O) groups excluding carboxylic acids is 1.